The van der Waals surface area contributed by atoms with E-state index in [-0.39, 0.29) is 91.6 Å². The molecule has 0 radical (unpaired) electrons. The van der Waals surface area contributed by atoms with Crippen molar-refractivity contribution in [2.24, 2.45) is 0 Å². The molecular weight excluding hydrogens is 1390 g/mol. The van der Waals surface area contributed by atoms with Crippen molar-refractivity contribution < 1.29 is 124 Å². The van der Waals surface area contributed by atoms with Crippen molar-refractivity contribution in [2.45, 2.75) is 289 Å². The summed E-state index contributed by atoms with van der Waals surface area (Å²) in [6.45, 7) is 8.83. The highest BCUT2D eigenvalue weighted by Gasteiger charge is 2.49. The zero-order valence-corrected chi connectivity index (χ0v) is 57.5. The minimum absolute atomic E-state index is 0.0521. The van der Waals surface area contributed by atoms with Gasteiger partial charge in [-0.05, 0) is 93.5 Å². The number of alkyl halides is 24. The second-order valence-electron chi connectivity index (χ2n) is 25.8. The molecule has 0 N–H and O–H groups in total. The lowest BCUT2D eigenvalue weighted by Gasteiger charge is -2.47. The van der Waals surface area contributed by atoms with Crippen molar-refractivity contribution >= 4 is 7.32 Å². The van der Waals surface area contributed by atoms with E-state index in [1.807, 2.05) is 20.8 Å². The van der Waals surface area contributed by atoms with Gasteiger partial charge >= 0.3 is 56.7 Å². The van der Waals surface area contributed by atoms with Crippen LogP contribution in [0.15, 0.2) is 66.7 Å². The molecule has 101 heavy (non-hydrogen) atoms. The summed E-state index contributed by atoms with van der Waals surface area (Å²) in [4.78, 5) is 0. The zero-order chi connectivity index (χ0) is 75.9. The molecule has 0 fully saturated rings. The summed E-state index contributed by atoms with van der Waals surface area (Å²) in [5.74, 6) is -4.46. The zero-order valence-electron chi connectivity index (χ0n) is 57.5. The van der Waals surface area contributed by atoms with Crippen molar-refractivity contribution in [1.29, 1.82) is 0 Å². The number of halogens is 24. The predicted octanol–water partition coefficient (Wildman–Crippen LogP) is 28.3. The quantitative estimate of drug-likeness (QED) is 0.0145. The Morgan fingerprint density at radius 2 is 0.554 bits per heavy atom. The molecule has 1 atom stereocenters. The number of hydrogen-bond acceptors (Lipinski definition) is 3. The summed E-state index contributed by atoms with van der Waals surface area (Å²) in [5, 5.41) is 0. The van der Waals surface area contributed by atoms with Gasteiger partial charge in [0.25, 0.3) is 0 Å². The Balaban J connectivity index is 0.00000168. The largest absolute Gasteiger partial charge is 0.864 e. The van der Waals surface area contributed by atoms with Crippen LogP contribution in [0.5, 0.6) is 17.2 Å². The Hall–Kier alpha value is -5.38. The van der Waals surface area contributed by atoms with Gasteiger partial charge in [0.2, 0.25) is 0 Å². The van der Waals surface area contributed by atoms with Gasteiger partial charge in [0.1, 0.15) is 23.3 Å². The van der Waals surface area contributed by atoms with Crippen LogP contribution in [0.25, 0.3) is 0 Å². The number of rotatable bonds is 43. The molecule has 4 aromatic carbocycles. The van der Waals surface area contributed by atoms with Crippen LogP contribution in [0.4, 0.5) is 105 Å². The summed E-state index contributed by atoms with van der Waals surface area (Å²) in [6, 6.07) is 0.309. The fraction of sp³-hybridized carbons (Fsp3) is 0.667. The van der Waals surface area contributed by atoms with Crippen molar-refractivity contribution in [1.82, 2.24) is 0 Å². The fourth-order valence-electron chi connectivity index (χ4n) is 12.1. The van der Waals surface area contributed by atoms with E-state index >= 15 is 26.3 Å². The first-order chi connectivity index (χ1) is 47.0. The minimum Gasteiger partial charge on any atom is -0.490 e. The Morgan fingerprint density at radius 1 is 0.297 bits per heavy atom. The molecule has 0 heterocycles. The van der Waals surface area contributed by atoms with E-state index in [1.54, 1.807) is 6.07 Å². The number of quaternary nitrogens is 1. The monoisotopic (exact) mass is 1490 g/mol. The van der Waals surface area contributed by atoms with Gasteiger partial charge < -0.3 is 18.4 Å². The van der Waals surface area contributed by atoms with E-state index < -0.39 is 130 Å². The molecule has 0 aliphatic rings. The Bertz CT molecular complexity index is 2750. The van der Waals surface area contributed by atoms with Crippen molar-refractivity contribution in [3.8, 4) is 17.2 Å². The van der Waals surface area contributed by atoms with Gasteiger partial charge in [-0.3, -0.25) is 0 Å². The SMILES string of the molecule is CCCCCCCCCCCCCCCC(c1c(OB(Oc2cc(C(F)(F)F)cc(C(F)(F)F)c2)Oc2cc(C(F)(F)F)cc(C(F)(F)F)c2)cc(C(F)(F)F)cc1C(F)(F)F)[N+](CCCCCCCC)(CCCCCCCC)CCCCCCCC.FC(F)(F)c1c[c-]cc(C(F)(F)F)c1. The van der Waals surface area contributed by atoms with Gasteiger partial charge in [-0.2, -0.15) is 124 Å². The molecule has 0 aliphatic heterocycles. The van der Waals surface area contributed by atoms with Crippen LogP contribution in [-0.2, 0) is 49.4 Å². The normalized spacial score (nSPS) is 13.3. The molecule has 0 amide bonds. The molecule has 4 nitrogen and oxygen atoms in total. The number of unbranched alkanes of at least 4 members (excludes halogenated alkanes) is 27. The topological polar surface area (TPSA) is 27.7 Å². The second kappa shape index (κ2) is 41.9. The standard InChI is InChI=1S/C64H91BF18NO3.C8H3F6/c1-5-9-13-17-21-22-23-24-25-26-27-28-32-36-56(84(37-33-29-18-14-10-6-2,38-34-30-19-15-11-7-3)39-35-31-20-16-12-8-4)58-55(64(81,82)83)46-52(63(78,79)80)47-57(58)87-65(85-53-42-48(59(66,67)68)40-49(43-53)60(69,70)71)86-54-44-50(61(72,73)74)41-51(45-54)62(75,76)77;9-7(10,11)5-2-1-3-6(4-5)8(12,13)14/h40-47,56H,5-39H2,1-4H3;2-4H/q+1;-1. The molecule has 0 spiro atoms. The van der Waals surface area contributed by atoms with Crippen molar-refractivity contribution in [2.75, 3.05) is 19.6 Å². The molecule has 4 aromatic rings. The van der Waals surface area contributed by atoms with Gasteiger partial charge in [-0.15, -0.1) is 6.07 Å². The smallest absolute Gasteiger partial charge is 0.490 e. The molecule has 4 rings (SSSR count). The van der Waals surface area contributed by atoms with E-state index in [0.29, 0.717) is 63.5 Å². The summed E-state index contributed by atoms with van der Waals surface area (Å²) in [6.07, 6.45) is -18.3. The first kappa shape index (κ1) is 89.8. The molecule has 0 aromatic heterocycles. The lowest BCUT2D eigenvalue weighted by atomic mass is 9.87. The third kappa shape index (κ3) is 33.1. The fourth-order valence-corrected chi connectivity index (χ4v) is 12.1. The van der Waals surface area contributed by atoms with Crippen LogP contribution in [0.3, 0.4) is 0 Å². The maximum Gasteiger partial charge on any atom is 0.864 e. The number of nitrogens with zero attached hydrogens (tertiary/aromatic N) is 1. The Kier molecular flexibility index (Phi) is 37.3. The summed E-state index contributed by atoms with van der Waals surface area (Å²) >= 11 is 0. The van der Waals surface area contributed by atoms with Gasteiger partial charge in [0.15, 0.2) is 0 Å². The highest BCUT2D eigenvalue weighted by Crippen LogP contribution is 2.50. The molecule has 29 heteroatoms. The predicted molar refractivity (Wildman–Crippen MR) is 340 cm³/mol. The second-order valence-corrected chi connectivity index (χ2v) is 25.8. The lowest BCUT2D eigenvalue weighted by Crippen LogP contribution is -2.53. The third-order valence-electron chi connectivity index (χ3n) is 17.5. The maximum absolute atomic E-state index is 16.3. The first-order valence-corrected chi connectivity index (χ1v) is 34.9. The Morgan fingerprint density at radius 3 is 0.832 bits per heavy atom. The van der Waals surface area contributed by atoms with Crippen molar-refractivity contribution in [3.05, 3.63) is 123 Å². The molecule has 0 saturated carbocycles. The lowest BCUT2D eigenvalue weighted by molar-refractivity contribution is -0.958. The Labute approximate surface area is 577 Å². The first-order valence-electron chi connectivity index (χ1n) is 34.9. The van der Waals surface area contributed by atoms with Crippen molar-refractivity contribution in [3.63, 3.8) is 0 Å². The number of hydrogen-bond donors (Lipinski definition) is 0. The highest BCUT2D eigenvalue weighted by atomic mass is 19.4. The van der Waals surface area contributed by atoms with Gasteiger partial charge in [-0.25, -0.2) is 0 Å². The summed E-state index contributed by atoms with van der Waals surface area (Å²) < 4.78 is 354. The molecular formula is C72H94BF24NO3. The van der Waals surface area contributed by atoms with Crippen LogP contribution in [0.1, 0.15) is 289 Å². The van der Waals surface area contributed by atoms with Gasteiger partial charge in [-0.1, -0.05) is 193 Å². The van der Waals surface area contributed by atoms with Crippen LogP contribution in [0.2, 0.25) is 0 Å². The highest BCUT2D eigenvalue weighted by molar-refractivity contribution is 6.39. The minimum atomic E-state index is -5.67. The molecule has 0 aliphatic carbocycles. The van der Waals surface area contributed by atoms with E-state index in [1.165, 1.54) is 12.8 Å². The third-order valence-corrected chi connectivity index (χ3v) is 17.5. The van der Waals surface area contributed by atoms with Crippen LogP contribution in [-0.4, -0.2) is 31.4 Å². The molecule has 0 saturated heterocycles. The van der Waals surface area contributed by atoms with Crippen LogP contribution in [0, 0.1) is 6.07 Å². The molecule has 1 unspecified atom stereocenters. The van der Waals surface area contributed by atoms with E-state index in [2.05, 4.69) is 6.92 Å². The van der Waals surface area contributed by atoms with Gasteiger partial charge in [0, 0.05) is 6.42 Å². The van der Waals surface area contributed by atoms with Crippen LogP contribution < -0.4 is 14.0 Å². The van der Waals surface area contributed by atoms with Gasteiger partial charge in [0.05, 0.1) is 58.6 Å². The summed E-state index contributed by atoms with van der Waals surface area (Å²) in [5.41, 5.74) is -15.8. The number of benzene rings is 4. The van der Waals surface area contributed by atoms with E-state index in [0.717, 1.165) is 128 Å². The van der Waals surface area contributed by atoms with Crippen LogP contribution >= 0.6 is 0 Å². The molecule has 576 valence electrons. The average molecular weight is 1490 g/mol. The van der Waals surface area contributed by atoms with E-state index in [9.17, 15) is 79.0 Å². The maximum atomic E-state index is 16.3. The summed E-state index contributed by atoms with van der Waals surface area (Å²) in [7, 11) is -3.28. The average Bonchev–Trinajstić information content (AvgIpc) is 0.746. The molecule has 0 bridgehead atoms. The van der Waals surface area contributed by atoms with E-state index in [4.69, 9.17) is 14.0 Å².